The van der Waals surface area contributed by atoms with E-state index >= 15 is 0 Å². The normalized spacial score (nSPS) is 12.5. The molecule has 1 aromatic carbocycles. The van der Waals surface area contributed by atoms with Gasteiger partial charge in [0.05, 0.1) is 23.0 Å². The first kappa shape index (κ1) is 13.6. The fourth-order valence-corrected chi connectivity index (χ4v) is 2.48. The number of aryl methyl sites for hydroxylation is 1. The molecule has 1 unspecified atom stereocenters. The van der Waals surface area contributed by atoms with E-state index in [1.54, 1.807) is 12.4 Å². The maximum atomic E-state index is 9.22. The molecule has 0 N–H and O–H groups in total. The number of fused-ring (bicyclic) bond motifs is 1. The number of para-hydroxylation sites is 1. The Labute approximate surface area is 126 Å². The number of halogens is 1. The number of nitrogens with zero attached hydrogens (tertiary/aromatic N) is 6. The van der Waals surface area contributed by atoms with E-state index in [0.717, 1.165) is 17.2 Å². The van der Waals surface area contributed by atoms with Gasteiger partial charge in [-0.1, -0.05) is 6.07 Å². The molecule has 21 heavy (non-hydrogen) atoms. The number of benzene rings is 1. The van der Waals surface area contributed by atoms with Crippen LogP contribution in [0.15, 0.2) is 24.5 Å². The van der Waals surface area contributed by atoms with Gasteiger partial charge in [0.15, 0.2) is 5.82 Å². The van der Waals surface area contributed by atoms with Crippen LogP contribution in [0.25, 0.3) is 11.0 Å². The summed E-state index contributed by atoms with van der Waals surface area (Å²) in [7, 11) is 1.89. The summed E-state index contributed by atoms with van der Waals surface area (Å²) in [5, 5.41) is 16.9. The van der Waals surface area contributed by atoms with Gasteiger partial charge < -0.3 is 9.13 Å². The quantitative estimate of drug-likeness (QED) is 0.696. The Morgan fingerprint density at radius 2 is 2.24 bits per heavy atom. The second-order valence-electron chi connectivity index (χ2n) is 4.82. The van der Waals surface area contributed by atoms with Crippen LogP contribution >= 0.6 is 11.6 Å². The molecule has 0 bridgehead atoms. The Morgan fingerprint density at radius 1 is 1.43 bits per heavy atom. The Balaban J connectivity index is 2.22. The van der Waals surface area contributed by atoms with Crippen LogP contribution in [0.1, 0.15) is 29.5 Å². The molecule has 0 aliphatic rings. The van der Waals surface area contributed by atoms with Gasteiger partial charge in [-0.2, -0.15) is 5.26 Å². The van der Waals surface area contributed by atoms with Crippen LogP contribution in [0.5, 0.6) is 0 Å². The molecular weight excluding hydrogens is 288 g/mol. The van der Waals surface area contributed by atoms with E-state index in [4.69, 9.17) is 11.6 Å². The van der Waals surface area contributed by atoms with Gasteiger partial charge >= 0.3 is 0 Å². The Kier molecular flexibility index (Phi) is 3.35. The summed E-state index contributed by atoms with van der Waals surface area (Å²) in [6.45, 7) is 2.37. The number of imidazole rings is 1. The topological polar surface area (TPSA) is 72.3 Å². The maximum absolute atomic E-state index is 9.22. The molecule has 3 rings (SSSR count). The summed E-state index contributed by atoms with van der Waals surface area (Å²) in [4.78, 5) is 4.54. The highest BCUT2D eigenvalue weighted by atomic mass is 35.5. The highest BCUT2D eigenvalue weighted by Crippen LogP contribution is 2.27. The van der Waals surface area contributed by atoms with Crippen molar-refractivity contribution in [1.29, 1.82) is 5.26 Å². The zero-order valence-corrected chi connectivity index (χ0v) is 12.4. The molecule has 0 amide bonds. The van der Waals surface area contributed by atoms with Gasteiger partial charge in [0.2, 0.25) is 0 Å². The van der Waals surface area contributed by atoms with Crippen LogP contribution in [0.4, 0.5) is 0 Å². The fourth-order valence-electron chi connectivity index (χ4n) is 2.32. The summed E-state index contributed by atoms with van der Waals surface area (Å²) in [5.41, 5.74) is 2.09. The monoisotopic (exact) mass is 300 g/mol. The lowest BCUT2D eigenvalue weighted by Crippen LogP contribution is -2.09. The first-order chi connectivity index (χ1) is 10.1. The van der Waals surface area contributed by atoms with E-state index in [9.17, 15) is 5.26 Å². The lowest BCUT2D eigenvalue weighted by Gasteiger charge is -2.09. The number of alkyl halides is 1. The van der Waals surface area contributed by atoms with Crippen molar-refractivity contribution in [3.05, 3.63) is 41.7 Å². The molecule has 0 spiro atoms. The molecule has 0 saturated heterocycles. The molecule has 6 nitrogen and oxygen atoms in total. The van der Waals surface area contributed by atoms with Crippen LogP contribution in [0, 0.1) is 11.3 Å². The highest BCUT2D eigenvalue weighted by Gasteiger charge is 2.18. The van der Waals surface area contributed by atoms with Gasteiger partial charge in [-0.15, -0.1) is 21.8 Å². The molecule has 0 saturated carbocycles. The van der Waals surface area contributed by atoms with E-state index in [1.165, 1.54) is 0 Å². The first-order valence-electron chi connectivity index (χ1n) is 6.48. The number of aromatic nitrogens is 5. The van der Waals surface area contributed by atoms with Crippen molar-refractivity contribution < 1.29 is 0 Å². The van der Waals surface area contributed by atoms with Crippen molar-refractivity contribution in [3.63, 3.8) is 0 Å². The molecule has 0 fully saturated rings. The molecule has 0 aliphatic carbocycles. The molecule has 3 aromatic rings. The minimum atomic E-state index is -0.267. The smallest absolute Gasteiger partial charge is 0.152 e. The van der Waals surface area contributed by atoms with Crippen LogP contribution < -0.4 is 0 Å². The summed E-state index contributed by atoms with van der Waals surface area (Å²) in [6, 6.07) is 7.70. The van der Waals surface area contributed by atoms with Gasteiger partial charge in [0, 0.05) is 7.05 Å². The minimum absolute atomic E-state index is 0.267. The van der Waals surface area contributed by atoms with E-state index in [2.05, 4.69) is 21.3 Å². The largest absolute Gasteiger partial charge is 0.319 e. The molecule has 1 atom stereocenters. The van der Waals surface area contributed by atoms with E-state index in [-0.39, 0.29) is 5.38 Å². The average molecular weight is 301 g/mol. The number of hydrogen-bond acceptors (Lipinski definition) is 4. The third-order valence-corrected chi connectivity index (χ3v) is 3.58. The maximum Gasteiger partial charge on any atom is 0.152 e. The zero-order chi connectivity index (χ0) is 15.0. The predicted octanol–water partition coefficient (Wildman–Crippen LogP) is 2.38. The van der Waals surface area contributed by atoms with Crippen molar-refractivity contribution in [3.8, 4) is 6.07 Å². The van der Waals surface area contributed by atoms with Gasteiger partial charge in [0.25, 0.3) is 0 Å². The van der Waals surface area contributed by atoms with Crippen LogP contribution in [-0.2, 0) is 13.6 Å². The molecular formula is C14H13ClN6. The third kappa shape index (κ3) is 2.26. The lowest BCUT2D eigenvalue weighted by atomic mass is 10.2. The molecule has 2 heterocycles. The average Bonchev–Trinajstić information content (AvgIpc) is 3.04. The van der Waals surface area contributed by atoms with Crippen LogP contribution in [-0.4, -0.2) is 24.3 Å². The summed E-state index contributed by atoms with van der Waals surface area (Å²) < 4.78 is 3.83. The standard InChI is InChI=1S/C14H13ClN6/c1-9(15)14-18-13-10(6-16)4-3-5-11(13)21(14)7-12-19-17-8-20(12)2/h3-5,8-9H,7H2,1-2H3. The van der Waals surface area contributed by atoms with Crippen molar-refractivity contribution in [2.45, 2.75) is 18.8 Å². The second-order valence-corrected chi connectivity index (χ2v) is 5.47. The SMILES string of the molecule is CC(Cl)c1nc2c(C#N)cccc2n1Cc1nncn1C. The van der Waals surface area contributed by atoms with Gasteiger partial charge in [-0.05, 0) is 19.1 Å². The highest BCUT2D eigenvalue weighted by molar-refractivity contribution is 6.20. The molecule has 0 radical (unpaired) electrons. The van der Waals surface area contributed by atoms with Crippen LogP contribution in [0.3, 0.4) is 0 Å². The zero-order valence-electron chi connectivity index (χ0n) is 11.7. The second kappa shape index (κ2) is 5.19. The Hall–Kier alpha value is -2.39. The first-order valence-corrected chi connectivity index (χ1v) is 6.91. The predicted molar refractivity (Wildman–Crippen MR) is 78.8 cm³/mol. The van der Waals surface area contributed by atoms with Gasteiger partial charge in [-0.3, -0.25) is 0 Å². The van der Waals surface area contributed by atoms with Crippen molar-refractivity contribution >= 4 is 22.6 Å². The summed E-state index contributed by atoms with van der Waals surface area (Å²) in [6.07, 6.45) is 1.65. The summed E-state index contributed by atoms with van der Waals surface area (Å²) >= 11 is 6.25. The number of rotatable bonds is 3. The van der Waals surface area contributed by atoms with Crippen molar-refractivity contribution in [2.75, 3.05) is 0 Å². The number of nitriles is 1. The van der Waals surface area contributed by atoms with E-state index in [0.29, 0.717) is 17.6 Å². The number of hydrogen-bond donors (Lipinski definition) is 0. The molecule has 2 aromatic heterocycles. The van der Waals surface area contributed by atoms with Gasteiger partial charge in [0.1, 0.15) is 23.7 Å². The fraction of sp³-hybridized carbons (Fsp3) is 0.286. The Morgan fingerprint density at radius 3 is 2.86 bits per heavy atom. The van der Waals surface area contributed by atoms with Crippen molar-refractivity contribution in [2.24, 2.45) is 7.05 Å². The molecule has 106 valence electrons. The van der Waals surface area contributed by atoms with E-state index < -0.39 is 0 Å². The van der Waals surface area contributed by atoms with E-state index in [1.807, 2.05) is 35.2 Å². The Bertz CT molecular complexity index is 839. The van der Waals surface area contributed by atoms with Gasteiger partial charge in [-0.25, -0.2) is 4.98 Å². The minimum Gasteiger partial charge on any atom is -0.319 e. The summed E-state index contributed by atoms with van der Waals surface area (Å²) in [5.74, 6) is 1.52. The third-order valence-electron chi connectivity index (χ3n) is 3.39. The molecule has 0 aliphatic heterocycles. The lowest BCUT2D eigenvalue weighted by molar-refractivity contribution is 0.675. The molecule has 7 heteroatoms. The van der Waals surface area contributed by atoms with Crippen molar-refractivity contribution in [1.82, 2.24) is 24.3 Å². The van der Waals surface area contributed by atoms with Crippen LogP contribution in [0.2, 0.25) is 0 Å².